The molecule has 3 heteroatoms. The highest BCUT2D eigenvalue weighted by Gasteiger charge is 2.27. The molecule has 0 N–H and O–H groups in total. The largest absolute Gasteiger partial charge is 0.241 e. The molecular weight excluding hydrogens is 321 g/mol. The lowest BCUT2D eigenvalue weighted by molar-refractivity contribution is 0.435. The van der Waals surface area contributed by atoms with Crippen molar-refractivity contribution in [2.45, 2.75) is 94.6 Å². The molecule has 0 aromatic carbocycles. The molecule has 1 nitrogen and oxygen atoms in total. The highest BCUT2D eigenvalue weighted by Crippen LogP contribution is 2.42. The fourth-order valence-corrected chi connectivity index (χ4v) is 5.72. The average Bonchev–Trinajstić information content (AvgIpc) is 3.11. The fraction of sp³-hybridized carbons (Fsp3) is 0.682. The number of rotatable bonds is 5. The van der Waals surface area contributed by atoms with Gasteiger partial charge in [-0.05, 0) is 25.0 Å². The molecule has 1 heterocycles. The van der Waals surface area contributed by atoms with Gasteiger partial charge < -0.3 is 0 Å². The van der Waals surface area contributed by atoms with Gasteiger partial charge in [-0.25, -0.2) is 4.98 Å². The summed E-state index contributed by atoms with van der Waals surface area (Å²) in [4.78, 5) is 6.00. The third-order valence-electron chi connectivity index (χ3n) is 6.14. The molecule has 0 atom stereocenters. The summed E-state index contributed by atoms with van der Waals surface area (Å²) in [6.45, 7) is 7.80. The van der Waals surface area contributed by atoms with E-state index in [4.69, 9.17) is 4.98 Å². The smallest absolute Gasteiger partial charge is 0.117 e. The van der Waals surface area contributed by atoms with Crippen molar-refractivity contribution in [3.63, 3.8) is 0 Å². The zero-order chi connectivity index (χ0) is 17.5. The zero-order valence-corrected chi connectivity index (χ0v) is 16.5. The van der Waals surface area contributed by atoms with Crippen LogP contribution in [0.15, 0.2) is 13.2 Å². The SMILES string of the molecule is C=Cc1nc(C2CCC([B]C3CCCCCCCC3)CC2)sc1C=C. The van der Waals surface area contributed by atoms with Crippen molar-refractivity contribution in [2.24, 2.45) is 0 Å². The molecule has 0 spiro atoms. The van der Waals surface area contributed by atoms with Crippen LogP contribution in [0.4, 0.5) is 0 Å². The van der Waals surface area contributed by atoms with Crippen LogP contribution < -0.4 is 0 Å². The summed E-state index contributed by atoms with van der Waals surface area (Å²) in [6, 6.07) is 0. The number of nitrogens with zero attached hydrogens (tertiary/aromatic N) is 1. The molecule has 3 rings (SSSR count). The number of hydrogen-bond donors (Lipinski definition) is 0. The van der Waals surface area contributed by atoms with E-state index < -0.39 is 0 Å². The summed E-state index contributed by atoms with van der Waals surface area (Å²) in [5, 5.41) is 1.31. The van der Waals surface area contributed by atoms with E-state index in [1.165, 1.54) is 86.9 Å². The van der Waals surface area contributed by atoms with Crippen LogP contribution in [0, 0.1) is 0 Å². The molecule has 0 unspecified atom stereocenters. The second-order valence-corrected chi connectivity index (χ2v) is 9.03. The standard InChI is InChI=1S/C22H33BNS/c1-3-20-21(4-2)25-22(24-20)17-13-15-19(16-14-17)23-18-11-9-7-5-6-8-10-12-18/h3-4,17-19H,1-2,5-16H2. The zero-order valence-electron chi connectivity index (χ0n) is 15.7. The van der Waals surface area contributed by atoms with Crippen LogP contribution in [0.2, 0.25) is 11.6 Å². The molecule has 2 saturated carbocycles. The predicted molar refractivity (Wildman–Crippen MR) is 114 cm³/mol. The van der Waals surface area contributed by atoms with Gasteiger partial charge in [-0.2, -0.15) is 0 Å². The van der Waals surface area contributed by atoms with Crippen molar-refractivity contribution in [2.75, 3.05) is 0 Å². The van der Waals surface area contributed by atoms with Crippen LogP contribution >= 0.6 is 11.3 Å². The molecule has 0 saturated heterocycles. The molecule has 25 heavy (non-hydrogen) atoms. The Kier molecular flexibility index (Phi) is 7.40. The van der Waals surface area contributed by atoms with Crippen LogP contribution in [0.3, 0.4) is 0 Å². The van der Waals surface area contributed by atoms with Crippen LogP contribution in [0.5, 0.6) is 0 Å². The minimum Gasteiger partial charge on any atom is -0.241 e. The second-order valence-electron chi connectivity index (χ2n) is 7.97. The molecular formula is C22H33BNS. The van der Waals surface area contributed by atoms with Crippen molar-refractivity contribution in [3.8, 4) is 0 Å². The summed E-state index contributed by atoms with van der Waals surface area (Å²) in [5.41, 5.74) is 1.02. The van der Waals surface area contributed by atoms with E-state index in [1.54, 1.807) is 0 Å². The number of aromatic nitrogens is 1. The van der Waals surface area contributed by atoms with Gasteiger partial charge in [-0.15, -0.1) is 11.3 Å². The predicted octanol–water partition coefficient (Wildman–Crippen LogP) is 7.50. The third-order valence-corrected chi connectivity index (χ3v) is 7.37. The molecule has 2 aliphatic carbocycles. The minimum absolute atomic E-state index is 0.655. The van der Waals surface area contributed by atoms with E-state index in [0.29, 0.717) is 5.92 Å². The average molecular weight is 354 g/mol. The van der Waals surface area contributed by atoms with Crippen LogP contribution in [0.1, 0.15) is 98.5 Å². The van der Waals surface area contributed by atoms with E-state index >= 15 is 0 Å². The molecule has 0 amide bonds. The summed E-state index contributed by atoms with van der Waals surface area (Å²) >= 11 is 1.82. The first kappa shape index (κ1) is 19.0. The first-order chi connectivity index (χ1) is 12.3. The summed E-state index contributed by atoms with van der Waals surface area (Å²) in [7, 11) is 2.76. The first-order valence-corrected chi connectivity index (χ1v) is 11.2. The molecule has 0 aliphatic heterocycles. The lowest BCUT2D eigenvalue weighted by atomic mass is 9.49. The molecule has 135 valence electrons. The molecule has 0 bridgehead atoms. The molecule has 2 aliphatic rings. The van der Waals surface area contributed by atoms with Gasteiger partial charge in [0.25, 0.3) is 0 Å². The Hall–Kier alpha value is -0.825. The van der Waals surface area contributed by atoms with Gasteiger partial charge >= 0.3 is 0 Å². The van der Waals surface area contributed by atoms with E-state index in [0.717, 1.165) is 17.3 Å². The van der Waals surface area contributed by atoms with Crippen LogP contribution in [-0.4, -0.2) is 12.3 Å². The maximum Gasteiger partial charge on any atom is 0.117 e. The number of thiazole rings is 1. The molecule has 1 radical (unpaired) electrons. The van der Waals surface area contributed by atoms with Crippen molar-refractivity contribution in [1.82, 2.24) is 4.98 Å². The lowest BCUT2D eigenvalue weighted by Crippen LogP contribution is -2.17. The maximum absolute atomic E-state index is 4.82. The van der Waals surface area contributed by atoms with Gasteiger partial charge in [-0.3, -0.25) is 0 Å². The van der Waals surface area contributed by atoms with E-state index in [2.05, 4.69) is 20.4 Å². The van der Waals surface area contributed by atoms with Gasteiger partial charge in [0.05, 0.1) is 15.6 Å². The quantitative estimate of drug-likeness (QED) is 0.499. The van der Waals surface area contributed by atoms with Crippen molar-refractivity contribution in [1.29, 1.82) is 0 Å². The van der Waals surface area contributed by atoms with E-state index in [-0.39, 0.29) is 0 Å². The van der Waals surface area contributed by atoms with Gasteiger partial charge in [0, 0.05) is 5.92 Å². The Morgan fingerprint density at radius 1 is 0.800 bits per heavy atom. The minimum atomic E-state index is 0.655. The van der Waals surface area contributed by atoms with Gasteiger partial charge in [-0.1, -0.05) is 89.0 Å². The summed E-state index contributed by atoms with van der Waals surface area (Å²) in [6.07, 6.45) is 20.7. The topological polar surface area (TPSA) is 12.9 Å². The van der Waals surface area contributed by atoms with Crippen LogP contribution in [-0.2, 0) is 0 Å². The van der Waals surface area contributed by atoms with Crippen LogP contribution in [0.25, 0.3) is 12.2 Å². The monoisotopic (exact) mass is 354 g/mol. The molecule has 1 aromatic heterocycles. The van der Waals surface area contributed by atoms with Crippen molar-refractivity contribution in [3.05, 3.63) is 28.7 Å². The summed E-state index contributed by atoms with van der Waals surface area (Å²) in [5.74, 6) is 2.39. The highest BCUT2D eigenvalue weighted by atomic mass is 32.1. The first-order valence-electron chi connectivity index (χ1n) is 10.4. The van der Waals surface area contributed by atoms with Gasteiger partial charge in [0.1, 0.15) is 7.28 Å². The third kappa shape index (κ3) is 5.32. The Balaban J connectivity index is 1.50. The van der Waals surface area contributed by atoms with E-state index in [1.807, 2.05) is 23.5 Å². The summed E-state index contributed by atoms with van der Waals surface area (Å²) < 4.78 is 0. The van der Waals surface area contributed by atoms with Gasteiger partial charge in [0.15, 0.2) is 0 Å². The maximum atomic E-state index is 4.82. The Bertz CT molecular complexity index is 521. The van der Waals surface area contributed by atoms with Crippen molar-refractivity contribution < 1.29 is 0 Å². The lowest BCUT2D eigenvalue weighted by Gasteiger charge is -2.29. The number of hydrogen-bond acceptors (Lipinski definition) is 2. The molecule has 2 fully saturated rings. The highest BCUT2D eigenvalue weighted by molar-refractivity contribution is 7.12. The van der Waals surface area contributed by atoms with Gasteiger partial charge in [0.2, 0.25) is 0 Å². The Morgan fingerprint density at radius 2 is 1.40 bits per heavy atom. The van der Waals surface area contributed by atoms with Crippen molar-refractivity contribution >= 4 is 30.8 Å². The Morgan fingerprint density at radius 3 is 1.96 bits per heavy atom. The van der Waals surface area contributed by atoms with E-state index in [9.17, 15) is 0 Å². The second kappa shape index (κ2) is 9.76. The molecule has 1 aromatic rings. The Labute approximate surface area is 159 Å². The fourth-order valence-electron chi connectivity index (χ4n) is 4.63. The normalized spacial score (nSPS) is 26.2.